The van der Waals surface area contributed by atoms with Gasteiger partial charge in [-0.15, -0.1) is 0 Å². The Morgan fingerprint density at radius 1 is 1.06 bits per heavy atom. The zero-order chi connectivity index (χ0) is 22.2. The van der Waals surface area contributed by atoms with Crippen molar-refractivity contribution in [3.63, 3.8) is 0 Å². The van der Waals surface area contributed by atoms with Crippen LogP contribution in [0, 0.1) is 6.92 Å². The number of morpholine rings is 1. The van der Waals surface area contributed by atoms with E-state index in [1.54, 1.807) is 15.7 Å². The van der Waals surface area contributed by atoms with Crippen molar-refractivity contribution >= 4 is 10.2 Å². The number of hydrogen-bond acceptors (Lipinski definition) is 5. The van der Waals surface area contributed by atoms with E-state index in [9.17, 15) is 8.42 Å². The first kappa shape index (κ1) is 22.2. The van der Waals surface area contributed by atoms with E-state index in [2.05, 4.69) is 0 Å². The summed E-state index contributed by atoms with van der Waals surface area (Å²) >= 11 is 0. The molecule has 0 unspecified atom stereocenters. The van der Waals surface area contributed by atoms with Gasteiger partial charge in [-0.3, -0.25) is 4.98 Å². The number of rotatable bonds is 5. The van der Waals surface area contributed by atoms with Crippen LogP contribution in [0.4, 0.5) is 0 Å². The molecule has 2 fully saturated rings. The molecular formula is C23H31N3O4S. The molecule has 168 valence electrons. The first-order valence-electron chi connectivity index (χ1n) is 10.8. The zero-order valence-corrected chi connectivity index (χ0v) is 19.4. The lowest BCUT2D eigenvalue weighted by Gasteiger charge is -2.37. The van der Waals surface area contributed by atoms with E-state index in [0.29, 0.717) is 19.6 Å². The van der Waals surface area contributed by atoms with Crippen LogP contribution >= 0.6 is 0 Å². The molecule has 0 saturated carbocycles. The van der Waals surface area contributed by atoms with Crippen LogP contribution in [0.5, 0.6) is 5.75 Å². The summed E-state index contributed by atoms with van der Waals surface area (Å²) in [4.78, 5) is 4.74. The van der Waals surface area contributed by atoms with E-state index in [1.807, 2.05) is 57.2 Å². The third-order valence-corrected chi connectivity index (χ3v) is 7.93. The van der Waals surface area contributed by atoms with Crippen molar-refractivity contribution < 1.29 is 17.9 Å². The van der Waals surface area contributed by atoms with Gasteiger partial charge in [0.1, 0.15) is 5.75 Å². The highest BCUT2D eigenvalue weighted by Crippen LogP contribution is 2.37. The molecule has 2 saturated heterocycles. The number of nitrogens with zero attached hydrogens (tertiary/aromatic N) is 3. The quantitative estimate of drug-likeness (QED) is 0.704. The second-order valence-electron chi connectivity index (χ2n) is 8.50. The van der Waals surface area contributed by atoms with Gasteiger partial charge in [0.15, 0.2) is 0 Å². The summed E-state index contributed by atoms with van der Waals surface area (Å²) in [6.45, 7) is 7.07. The van der Waals surface area contributed by atoms with Gasteiger partial charge in [0.05, 0.1) is 31.1 Å². The average Bonchev–Trinajstić information content (AvgIpc) is 3.24. The number of ether oxygens (including phenoxy) is 2. The molecule has 2 aliphatic heterocycles. The molecule has 0 radical (unpaired) electrons. The Kier molecular flexibility index (Phi) is 6.35. The SMILES string of the molecule is COc1ccc(-c2cc(C)nc([C@@H]3CCCN3S(=O)(=O)N3C[C@H](C)O[C@@H](C)C3)c2)cc1. The van der Waals surface area contributed by atoms with Crippen LogP contribution < -0.4 is 4.74 Å². The van der Waals surface area contributed by atoms with Gasteiger partial charge in [0.2, 0.25) is 0 Å². The zero-order valence-electron chi connectivity index (χ0n) is 18.6. The molecule has 7 nitrogen and oxygen atoms in total. The lowest BCUT2D eigenvalue weighted by molar-refractivity contribution is -0.0455. The molecule has 3 atom stereocenters. The highest BCUT2D eigenvalue weighted by Gasteiger charge is 2.42. The van der Waals surface area contributed by atoms with Crippen molar-refractivity contribution in [2.24, 2.45) is 0 Å². The lowest BCUT2D eigenvalue weighted by atomic mass is 10.0. The third-order valence-electron chi connectivity index (χ3n) is 5.95. The van der Waals surface area contributed by atoms with Crippen LogP contribution in [0.1, 0.15) is 44.1 Å². The van der Waals surface area contributed by atoms with E-state index in [4.69, 9.17) is 14.5 Å². The second kappa shape index (κ2) is 8.86. The maximum Gasteiger partial charge on any atom is 0.282 e. The highest BCUT2D eigenvalue weighted by atomic mass is 32.2. The monoisotopic (exact) mass is 445 g/mol. The minimum Gasteiger partial charge on any atom is -0.497 e. The van der Waals surface area contributed by atoms with E-state index in [-0.39, 0.29) is 18.2 Å². The fourth-order valence-electron chi connectivity index (χ4n) is 4.59. The number of aryl methyl sites for hydroxylation is 1. The molecular weight excluding hydrogens is 414 g/mol. The standard InChI is InChI=1S/C23H31N3O4S/c1-16-12-20(19-7-9-21(29-4)10-8-19)13-22(24-16)23-6-5-11-26(23)31(27,28)25-14-17(2)30-18(3)15-25/h7-10,12-13,17-18,23H,5-6,11,14-15H2,1-4H3/t17-,18-,23-/m0/s1. The fraction of sp³-hybridized carbons (Fsp3) is 0.522. The number of benzene rings is 1. The molecule has 31 heavy (non-hydrogen) atoms. The van der Waals surface area contributed by atoms with Gasteiger partial charge in [-0.05, 0) is 69.0 Å². The Labute approximate surface area is 185 Å². The smallest absolute Gasteiger partial charge is 0.282 e. The van der Waals surface area contributed by atoms with Crippen molar-refractivity contribution in [2.75, 3.05) is 26.7 Å². The maximum atomic E-state index is 13.5. The molecule has 0 N–H and O–H groups in total. The van der Waals surface area contributed by atoms with Gasteiger partial charge in [0, 0.05) is 25.3 Å². The Morgan fingerprint density at radius 2 is 1.74 bits per heavy atom. The Morgan fingerprint density at radius 3 is 2.39 bits per heavy atom. The Hall–Kier alpha value is -2.00. The fourth-order valence-corrected chi connectivity index (χ4v) is 6.58. The molecule has 0 aliphatic carbocycles. The number of pyridine rings is 1. The van der Waals surface area contributed by atoms with E-state index in [1.165, 1.54) is 0 Å². The van der Waals surface area contributed by atoms with Crippen molar-refractivity contribution in [3.8, 4) is 16.9 Å². The van der Waals surface area contributed by atoms with E-state index < -0.39 is 10.2 Å². The molecule has 0 bridgehead atoms. The molecule has 1 aromatic heterocycles. The van der Waals surface area contributed by atoms with Crippen LogP contribution in [-0.2, 0) is 14.9 Å². The summed E-state index contributed by atoms with van der Waals surface area (Å²) in [5, 5.41) is 0. The maximum absolute atomic E-state index is 13.5. The van der Waals surface area contributed by atoms with Crippen LogP contribution in [0.15, 0.2) is 36.4 Å². The highest BCUT2D eigenvalue weighted by molar-refractivity contribution is 7.86. The van der Waals surface area contributed by atoms with Crippen molar-refractivity contribution in [3.05, 3.63) is 47.8 Å². The predicted molar refractivity (Wildman–Crippen MR) is 120 cm³/mol. The van der Waals surface area contributed by atoms with Crippen molar-refractivity contribution in [1.82, 2.24) is 13.6 Å². The molecule has 2 aliphatic rings. The first-order chi connectivity index (χ1) is 14.8. The van der Waals surface area contributed by atoms with Gasteiger partial charge in [-0.2, -0.15) is 17.0 Å². The minimum absolute atomic E-state index is 0.113. The molecule has 4 rings (SSSR count). The number of aromatic nitrogens is 1. The van der Waals surface area contributed by atoms with E-state index >= 15 is 0 Å². The normalized spacial score (nSPS) is 25.6. The van der Waals surface area contributed by atoms with Gasteiger partial charge in [0.25, 0.3) is 10.2 Å². The second-order valence-corrected chi connectivity index (χ2v) is 10.4. The predicted octanol–water partition coefficient (Wildman–Crippen LogP) is 3.56. The van der Waals surface area contributed by atoms with Crippen LogP contribution in [-0.4, -0.2) is 61.0 Å². The molecule has 3 heterocycles. The van der Waals surface area contributed by atoms with Crippen LogP contribution in [0.3, 0.4) is 0 Å². The lowest BCUT2D eigenvalue weighted by Crippen LogP contribution is -2.52. The van der Waals surface area contributed by atoms with Crippen LogP contribution in [0.2, 0.25) is 0 Å². The number of hydrogen-bond donors (Lipinski definition) is 0. The summed E-state index contributed by atoms with van der Waals surface area (Å²) in [6, 6.07) is 11.7. The average molecular weight is 446 g/mol. The largest absolute Gasteiger partial charge is 0.497 e. The minimum atomic E-state index is -3.59. The Bertz CT molecular complexity index is 1020. The molecule has 0 amide bonds. The van der Waals surface area contributed by atoms with Crippen molar-refractivity contribution in [1.29, 1.82) is 0 Å². The summed E-state index contributed by atoms with van der Waals surface area (Å²) in [5.74, 6) is 0.803. The topological polar surface area (TPSA) is 72.0 Å². The number of methoxy groups -OCH3 is 1. The Balaban J connectivity index is 1.64. The molecule has 1 aromatic carbocycles. The van der Waals surface area contributed by atoms with Crippen LogP contribution in [0.25, 0.3) is 11.1 Å². The van der Waals surface area contributed by atoms with Gasteiger partial charge in [-0.1, -0.05) is 12.1 Å². The van der Waals surface area contributed by atoms with E-state index in [0.717, 1.165) is 41.1 Å². The summed E-state index contributed by atoms with van der Waals surface area (Å²) in [6.07, 6.45) is 1.37. The summed E-state index contributed by atoms with van der Waals surface area (Å²) in [7, 11) is -1.95. The first-order valence-corrected chi connectivity index (χ1v) is 12.2. The van der Waals surface area contributed by atoms with Crippen molar-refractivity contribution in [2.45, 2.75) is 51.9 Å². The third kappa shape index (κ3) is 4.62. The molecule has 8 heteroatoms. The summed E-state index contributed by atoms with van der Waals surface area (Å²) in [5.41, 5.74) is 3.77. The molecule has 2 aromatic rings. The van der Waals surface area contributed by atoms with Gasteiger partial charge < -0.3 is 9.47 Å². The molecule has 0 spiro atoms. The van der Waals surface area contributed by atoms with Gasteiger partial charge in [-0.25, -0.2) is 0 Å². The van der Waals surface area contributed by atoms with Gasteiger partial charge >= 0.3 is 0 Å². The summed E-state index contributed by atoms with van der Waals surface area (Å²) < 4.78 is 41.3.